The van der Waals surface area contributed by atoms with Crippen molar-refractivity contribution in [1.29, 1.82) is 0 Å². The number of nitrogens with one attached hydrogen (secondary N) is 1. The van der Waals surface area contributed by atoms with Gasteiger partial charge in [-0.2, -0.15) is 0 Å². The highest BCUT2D eigenvalue weighted by Crippen LogP contribution is 2.11. The van der Waals surface area contributed by atoms with Crippen molar-refractivity contribution in [1.82, 2.24) is 4.72 Å². The van der Waals surface area contributed by atoms with Gasteiger partial charge in [-0.25, -0.2) is 13.1 Å². The van der Waals surface area contributed by atoms with Crippen molar-refractivity contribution < 1.29 is 13.2 Å². The Morgan fingerprint density at radius 1 is 1.35 bits per heavy atom. The van der Waals surface area contributed by atoms with Crippen molar-refractivity contribution in [3.8, 4) is 0 Å². The van der Waals surface area contributed by atoms with Crippen molar-refractivity contribution in [3.05, 3.63) is 42.5 Å². The van der Waals surface area contributed by atoms with E-state index in [2.05, 4.69) is 11.3 Å². The van der Waals surface area contributed by atoms with E-state index in [0.717, 1.165) is 0 Å². The molecule has 1 N–H and O–H groups in total. The summed E-state index contributed by atoms with van der Waals surface area (Å²) >= 11 is 5.39. The quantitative estimate of drug-likeness (QED) is 0.486. The lowest BCUT2D eigenvalue weighted by Gasteiger charge is -2.05. The number of halogens is 1. The van der Waals surface area contributed by atoms with Gasteiger partial charge in [0.25, 0.3) is 0 Å². The van der Waals surface area contributed by atoms with E-state index in [9.17, 15) is 13.2 Å². The van der Waals surface area contributed by atoms with Crippen LogP contribution in [0, 0.1) is 0 Å². The number of Topliss-reactive ketones (excluding diaryl/α,β-unsaturated/α-hetero) is 1. The number of ketones is 1. The van der Waals surface area contributed by atoms with Crippen molar-refractivity contribution in [3.63, 3.8) is 0 Å². The molecule has 0 heterocycles. The van der Waals surface area contributed by atoms with E-state index in [1.807, 2.05) is 0 Å². The fourth-order valence-electron chi connectivity index (χ4n) is 1.15. The summed E-state index contributed by atoms with van der Waals surface area (Å²) in [6, 6.07) is 5.61. The van der Waals surface area contributed by atoms with Crippen molar-refractivity contribution >= 4 is 27.4 Å². The highest BCUT2D eigenvalue weighted by atomic mass is 35.5. The van der Waals surface area contributed by atoms with E-state index < -0.39 is 10.0 Å². The summed E-state index contributed by atoms with van der Waals surface area (Å²) in [7, 11) is -3.54. The Hall–Kier alpha value is -1.17. The maximum absolute atomic E-state index is 11.7. The molecule has 4 nitrogen and oxygen atoms in total. The zero-order valence-electron chi connectivity index (χ0n) is 9.02. The van der Waals surface area contributed by atoms with E-state index in [4.69, 9.17) is 11.6 Å². The minimum atomic E-state index is -3.54. The number of sulfonamides is 1. The summed E-state index contributed by atoms with van der Waals surface area (Å²) < 4.78 is 25.7. The number of rotatable bonds is 6. The topological polar surface area (TPSA) is 63.2 Å². The van der Waals surface area contributed by atoms with Crippen molar-refractivity contribution in [2.75, 3.05) is 12.4 Å². The number of benzene rings is 1. The molecule has 92 valence electrons. The Morgan fingerprint density at radius 3 is 2.41 bits per heavy atom. The molecule has 0 fully saturated rings. The molecule has 0 bridgehead atoms. The molecular weight excluding hydrogens is 262 g/mol. The van der Waals surface area contributed by atoms with Gasteiger partial charge in [0.15, 0.2) is 5.78 Å². The number of carbonyl (C=O) groups is 1. The summed E-state index contributed by atoms with van der Waals surface area (Å²) in [5.41, 5.74) is 0.391. The van der Waals surface area contributed by atoms with Gasteiger partial charge < -0.3 is 0 Å². The molecule has 0 spiro atoms. The number of hydrogen-bond acceptors (Lipinski definition) is 3. The van der Waals surface area contributed by atoms with Crippen LogP contribution in [0.2, 0.25) is 0 Å². The Morgan fingerprint density at radius 2 is 1.94 bits per heavy atom. The zero-order chi connectivity index (χ0) is 12.9. The summed E-state index contributed by atoms with van der Waals surface area (Å²) in [5, 5.41) is 0. The standard InChI is InChI=1S/C11H12ClNO3S/c1-2-7-13-17(15,16)10-5-3-9(4-6-10)11(14)8-12/h2-6,13H,1,7-8H2. The first kappa shape index (κ1) is 13.9. The molecule has 0 radical (unpaired) electrons. The largest absolute Gasteiger partial charge is 0.293 e. The van der Waals surface area contributed by atoms with Gasteiger partial charge in [0, 0.05) is 12.1 Å². The van der Waals surface area contributed by atoms with Gasteiger partial charge in [-0.15, -0.1) is 18.2 Å². The predicted molar refractivity (Wildman–Crippen MR) is 66.9 cm³/mol. The van der Waals surface area contributed by atoms with E-state index in [0.29, 0.717) is 5.56 Å². The maximum Gasteiger partial charge on any atom is 0.240 e. The van der Waals surface area contributed by atoms with Crippen LogP contribution in [0.15, 0.2) is 41.8 Å². The second-order valence-electron chi connectivity index (χ2n) is 3.22. The normalized spacial score (nSPS) is 11.1. The first-order valence-electron chi connectivity index (χ1n) is 4.81. The Balaban J connectivity index is 2.94. The van der Waals surface area contributed by atoms with Crippen LogP contribution in [-0.2, 0) is 10.0 Å². The van der Waals surface area contributed by atoms with Crippen molar-refractivity contribution in [2.45, 2.75) is 4.90 Å². The first-order chi connectivity index (χ1) is 8.01. The van der Waals surface area contributed by atoms with Gasteiger partial charge in [-0.3, -0.25) is 4.79 Å². The van der Waals surface area contributed by atoms with Gasteiger partial charge in [-0.1, -0.05) is 18.2 Å². The van der Waals surface area contributed by atoms with Crippen LogP contribution in [0.3, 0.4) is 0 Å². The van der Waals surface area contributed by atoms with Gasteiger partial charge >= 0.3 is 0 Å². The van der Waals surface area contributed by atoms with Crippen LogP contribution in [0.4, 0.5) is 0 Å². The van der Waals surface area contributed by atoms with E-state index >= 15 is 0 Å². The molecule has 0 atom stereocenters. The van der Waals surface area contributed by atoms with Crippen LogP contribution in [0.5, 0.6) is 0 Å². The summed E-state index contributed by atoms with van der Waals surface area (Å²) in [4.78, 5) is 11.3. The van der Waals surface area contributed by atoms with E-state index in [-0.39, 0.29) is 23.1 Å². The molecule has 1 aromatic rings. The fraction of sp³-hybridized carbons (Fsp3) is 0.182. The smallest absolute Gasteiger partial charge is 0.240 e. The Bertz CT molecular complexity index is 508. The second kappa shape index (κ2) is 5.95. The van der Waals surface area contributed by atoms with Gasteiger partial charge in [0.2, 0.25) is 10.0 Å². The van der Waals surface area contributed by atoms with Crippen LogP contribution in [0.25, 0.3) is 0 Å². The van der Waals surface area contributed by atoms with Crippen LogP contribution in [-0.4, -0.2) is 26.6 Å². The third-order valence-electron chi connectivity index (χ3n) is 2.03. The van der Waals surface area contributed by atoms with Crippen molar-refractivity contribution in [2.24, 2.45) is 0 Å². The molecule has 0 saturated carbocycles. The minimum absolute atomic E-state index is 0.102. The van der Waals surface area contributed by atoms with Gasteiger partial charge in [0.05, 0.1) is 10.8 Å². The zero-order valence-corrected chi connectivity index (χ0v) is 10.6. The van der Waals surface area contributed by atoms with Crippen LogP contribution < -0.4 is 4.72 Å². The highest BCUT2D eigenvalue weighted by molar-refractivity contribution is 7.89. The SMILES string of the molecule is C=CCNS(=O)(=O)c1ccc(C(=O)CCl)cc1. The third-order valence-corrected chi connectivity index (χ3v) is 3.71. The fourth-order valence-corrected chi connectivity index (χ4v) is 2.30. The van der Waals surface area contributed by atoms with E-state index in [1.54, 1.807) is 0 Å². The minimum Gasteiger partial charge on any atom is -0.293 e. The number of hydrogen-bond donors (Lipinski definition) is 1. The predicted octanol–water partition coefficient (Wildman–Crippen LogP) is 1.57. The average molecular weight is 274 g/mol. The molecule has 0 unspecified atom stereocenters. The molecule has 1 rings (SSSR count). The molecule has 0 aliphatic heterocycles. The summed E-state index contributed by atoms with van der Waals surface area (Å²) in [5.74, 6) is -0.365. The molecular formula is C11H12ClNO3S. The molecule has 0 amide bonds. The molecule has 0 aliphatic carbocycles. The Kier molecular flexibility index (Phi) is 4.86. The first-order valence-corrected chi connectivity index (χ1v) is 6.83. The molecule has 6 heteroatoms. The lowest BCUT2D eigenvalue weighted by Crippen LogP contribution is -2.23. The monoisotopic (exact) mass is 273 g/mol. The summed E-state index contributed by atoms with van der Waals surface area (Å²) in [6.07, 6.45) is 1.45. The summed E-state index contributed by atoms with van der Waals surface area (Å²) in [6.45, 7) is 3.58. The van der Waals surface area contributed by atoms with Gasteiger partial charge in [0.1, 0.15) is 0 Å². The molecule has 1 aromatic carbocycles. The maximum atomic E-state index is 11.7. The molecule has 0 saturated heterocycles. The lowest BCUT2D eigenvalue weighted by molar-refractivity contribution is 0.102. The molecule has 17 heavy (non-hydrogen) atoms. The van der Waals surface area contributed by atoms with E-state index in [1.165, 1.54) is 30.3 Å². The lowest BCUT2D eigenvalue weighted by atomic mass is 10.1. The highest BCUT2D eigenvalue weighted by Gasteiger charge is 2.13. The number of alkyl halides is 1. The van der Waals surface area contributed by atoms with Gasteiger partial charge in [-0.05, 0) is 12.1 Å². The molecule has 0 aliphatic rings. The average Bonchev–Trinajstić information content (AvgIpc) is 2.35. The third kappa shape index (κ3) is 3.66. The van der Waals surface area contributed by atoms with Crippen LogP contribution >= 0.6 is 11.6 Å². The second-order valence-corrected chi connectivity index (χ2v) is 5.26. The molecule has 0 aromatic heterocycles. The van der Waals surface area contributed by atoms with Crippen LogP contribution in [0.1, 0.15) is 10.4 Å². The number of carbonyl (C=O) groups excluding carboxylic acids is 1. The Labute approximate surface area is 105 Å².